The van der Waals surface area contributed by atoms with E-state index in [0.29, 0.717) is 17.8 Å². The van der Waals surface area contributed by atoms with Crippen LogP contribution in [-0.4, -0.2) is 58.4 Å². The lowest BCUT2D eigenvalue weighted by molar-refractivity contribution is -0.0443. The maximum absolute atomic E-state index is 14.8. The van der Waals surface area contributed by atoms with E-state index in [4.69, 9.17) is 4.52 Å². The van der Waals surface area contributed by atoms with Crippen molar-refractivity contribution in [2.75, 3.05) is 24.2 Å². The number of aryl methyl sites for hydroxylation is 1. The number of benzene rings is 1. The lowest BCUT2D eigenvalue weighted by Gasteiger charge is -2.37. The molecule has 0 saturated carbocycles. The van der Waals surface area contributed by atoms with E-state index in [2.05, 4.69) is 14.9 Å². The van der Waals surface area contributed by atoms with Crippen molar-refractivity contribution in [3.8, 4) is 11.1 Å². The highest BCUT2D eigenvalue weighted by Crippen LogP contribution is 2.43. The van der Waals surface area contributed by atoms with Crippen LogP contribution in [0, 0.1) is 24.4 Å². The highest BCUT2D eigenvalue weighted by Gasteiger charge is 2.60. The molecule has 3 aromatic rings. The van der Waals surface area contributed by atoms with E-state index < -0.39 is 47.1 Å². The molecule has 0 unspecified atom stereocenters. The van der Waals surface area contributed by atoms with Crippen LogP contribution in [0.1, 0.15) is 12.1 Å². The third-order valence-electron chi connectivity index (χ3n) is 6.12. The second kappa shape index (κ2) is 8.08. The largest absolute Gasteiger partial charge is 0.334 e. The molecule has 0 spiro atoms. The third kappa shape index (κ3) is 3.40. The number of carbonyl (C=O) groups excluding carboxylic acids is 1. The quantitative estimate of drug-likeness (QED) is 0.421. The number of fused-ring (bicyclic) bond motifs is 2. The van der Waals surface area contributed by atoms with E-state index in [1.54, 1.807) is 13.2 Å². The van der Waals surface area contributed by atoms with Gasteiger partial charge in [-0.1, -0.05) is 17.1 Å². The number of hydrogen-bond donors (Lipinski definition) is 1. The van der Waals surface area contributed by atoms with Gasteiger partial charge in [-0.05, 0) is 25.7 Å². The highest BCUT2D eigenvalue weighted by molar-refractivity contribution is 7.96. The maximum atomic E-state index is 14.8. The molecule has 0 aliphatic carbocycles. The van der Waals surface area contributed by atoms with E-state index in [1.807, 2.05) is 0 Å². The van der Waals surface area contributed by atoms with Gasteiger partial charge in [0.1, 0.15) is 29.5 Å². The minimum absolute atomic E-state index is 0.0200. The third-order valence-corrected chi connectivity index (χ3v) is 6.64. The van der Waals surface area contributed by atoms with E-state index in [9.17, 15) is 26.7 Å². The molecule has 1 aromatic carbocycles. The number of nitrogens with zero attached hydrogens (tertiary/aromatic N) is 4. The lowest BCUT2D eigenvalue weighted by Crippen LogP contribution is -2.55. The number of aromatic nitrogens is 2. The first kappa shape index (κ1) is 22.8. The van der Waals surface area contributed by atoms with Crippen molar-refractivity contribution in [2.24, 2.45) is 0 Å². The Bertz CT molecular complexity index is 1280. The molecule has 0 bridgehead atoms. The number of hydrogen-bond acceptors (Lipinski definition) is 6. The van der Waals surface area contributed by atoms with Crippen LogP contribution in [-0.2, 0) is 0 Å². The predicted octanol–water partition coefficient (Wildman–Crippen LogP) is 4.50. The second-order valence-electron chi connectivity index (χ2n) is 8.18. The summed E-state index contributed by atoms with van der Waals surface area (Å²) in [6.07, 6.45) is 1.56. The van der Waals surface area contributed by atoms with Crippen LogP contribution in [0.3, 0.4) is 0 Å². The summed E-state index contributed by atoms with van der Waals surface area (Å²) in [4.78, 5) is 19.6. The summed E-state index contributed by atoms with van der Waals surface area (Å²) in [6.45, 7) is 1.21. The molecule has 2 saturated heterocycles. The van der Waals surface area contributed by atoms with Gasteiger partial charge in [0.2, 0.25) is 0 Å². The first-order valence-electron chi connectivity index (χ1n) is 10.3. The molecule has 2 fully saturated rings. The predicted molar refractivity (Wildman–Crippen MR) is 115 cm³/mol. The normalized spacial score (nSPS) is 22.0. The lowest BCUT2D eigenvalue weighted by atomic mass is 10.00. The second-order valence-corrected chi connectivity index (χ2v) is 8.83. The van der Waals surface area contributed by atoms with Crippen LogP contribution >= 0.6 is 11.9 Å². The molecule has 2 amide bonds. The van der Waals surface area contributed by atoms with E-state index in [0.717, 1.165) is 21.7 Å². The molecule has 0 radical (unpaired) electrons. The zero-order valence-corrected chi connectivity index (χ0v) is 18.7. The van der Waals surface area contributed by atoms with Crippen LogP contribution in [0.2, 0.25) is 0 Å². The molecule has 1 N–H and O–H groups in total. The summed E-state index contributed by atoms with van der Waals surface area (Å²) >= 11 is 1.04. The first-order chi connectivity index (χ1) is 16.1. The van der Waals surface area contributed by atoms with Crippen molar-refractivity contribution in [1.29, 1.82) is 0 Å². The molecule has 180 valence electrons. The number of carbonyl (C=O) groups is 1. The van der Waals surface area contributed by atoms with Crippen LogP contribution in [0.25, 0.3) is 22.2 Å². The summed E-state index contributed by atoms with van der Waals surface area (Å²) in [5.74, 6) is -6.65. The monoisotopic (exact) mass is 499 g/mol. The number of pyridine rings is 1. The fourth-order valence-electron chi connectivity index (χ4n) is 4.64. The van der Waals surface area contributed by atoms with Crippen LogP contribution in [0.4, 0.5) is 32.6 Å². The highest BCUT2D eigenvalue weighted by atomic mass is 32.2. The number of halogens is 5. The Hall–Kier alpha value is -2.93. The van der Waals surface area contributed by atoms with Crippen molar-refractivity contribution in [3.05, 3.63) is 41.3 Å². The fourth-order valence-corrected chi connectivity index (χ4v) is 5.16. The molecule has 2 aliphatic rings. The van der Waals surface area contributed by atoms with Crippen LogP contribution in [0.15, 0.2) is 22.7 Å². The Labute approximate surface area is 194 Å². The number of alkyl halides is 2. The van der Waals surface area contributed by atoms with Gasteiger partial charge in [0.15, 0.2) is 5.82 Å². The van der Waals surface area contributed by atoms with Gasteiger partial charge in [-0.3, -0.25) is 9.62 Å². The SMILES string of the molecule is CSN[C@@H]1CN2C(=O)N(c3noc4nc(C)cc(-c5c(F)cc(F)cc5F)c34)CC[C@@H]2C1(F)F. The van der Waals surface area contributed by atoms with Gasteiger partial charge in [0.05, 0.1) is 10.9 Å². The van der Waals surface area contributed by atoms with Crippen molar-refractivity contribution in [2.45, 2.75) is 31.4 Å². The van der Waals surface area contributed by atoms with E-state index in [1.165, 1.54) is 6.07 Å². The molecular formula is C21H18F5N5O2S. The topological polar surface area (TPSA) is 74.5 Å². The standard InChI is InChI=1S/C21H18F5N5O2S/c1-9-5-11(16-12(23)6-10(22)7-13(16)24)17-18(28-33-19(17)27-9)30-4-3-15-21(25,26)14(29-34-2)8-31(15)20(30)32/h5-7,14-15,29H,3-4,8H2,1-2H3/t14-,15-/m1/s1. The summed E-state index contributed by atoms with van der Waals surface area (Å²) in [5.41, 5.74) is -0.349. The molecule has 13 heteroatoms. The van der Waals surface area contributed by atoms with Crippen molar-refractivity contribution < 1.29 is 31.3 Å². The summed E-state index contributed by atoms with van der Waals surface area (Å²) in [6, 6.07) is -0.826. The van der Waals surface area contributed by atoms with Crippen molar-refractivity contribution >= 4 is 34.9 Å². The number of urea groups is 1. The Kier molecular flexibility index (Phi) is 5.43. The molecule has 2 atom stereocenters. The molecule has 2 aliphatic heterocycles. The van der Waals surface area contributed by atoms with Crippen molar-refractivity contribution in [1.82, 2.24) is 19.8 Å². The molecule has 2 aromatic heterocycles. The number of anilines is 1. The van der Waals surface area contributed by atoms with E-state index >= 15 is 0 Å². The van der Waals surface area contributed by atoms with Crippen molar-refractivity contribution in [3.63, 3.8) is 0 Å². The summed E-state index contributed by atoms with van der Waals surface area (Å²) in [5, 5.41) is 3.91. The molecule has 5 rings (SSSR count). The molecule has 7 nitrogen and oxygen atoms in total. The summed E-state index contributed by atoms with van der Waals surface area (Å²) in [7, 11) is 0. The molecule has 4 heterocycles. The Balaban J connectivity index is 1.61. The average Bonchev–Trinajstić information content (AvgIpc) is 3.27. The minimum Gasteiger partial charge on any atom is -0.334 e. The Morgan fingerprint density at radius 2 is 1.91 bits per heavy atom. The number of amides is 2. The van der Waals surface area contributed by atoms with Gasteiger partial charge >= 0.3 is 6.03 Å². The van der Waals surface area contributed by atoms with Gasteiger partial charge < -0.3 is 9.42 Å². The van der Waals surface area contributed by atoms with Crippen LogP contribution in [0.5, 0.6) is 0 Å². The maximum Gasteiger partial charge on any atom is 0.326 e. The van der Waals surface area contributed by atoms with Crippen LogP contribution < -0.4 is 9.62 Å². The Morgan fingerprint density at radius 1 is 1.21 bits per heavy atom. The Morgan fingerprint density at radius 3 is 2.59 bits per heavy atom. The zero-order valence-electron chi connectivity index (χ0n) is 17.9. The van der Waals surface area contributed by atoms with Gasteiger partial charge in [-0.25, -0.2) is 31.7 Å². The molecular weight excluding hydrogens is 481 g/mol. The van der Waals surface area contributed by atoms with Gasteiger partial charge in [0.25, 0.3) is 11.6 Å². The first-order valence-corrected chi connectivity index (χ1v) is 11.5. The average molecular weight is 499 g/mol. The van der Waals surface area contributed by atoms with Gasteiger partial charge in [-0.2, -0.15) is 0 Å². The zero-order chi connectivity index (χ0) is 24.4. The van der Waals surface area contributed by atoms with Gasteiger partial charge in [-0.15, -0.1) is 0 Å². The number of nitrogens with one attached hydrogen (secondary N) is 1. The minimum atomic E-state index is -3.14. The number of rotatable bonds is 4. The van der Waals surface area contributed by atoms with Gasteiger partial charge in [0, 0.05) is 36.5 Å². The smallest absolute Gasteiger partial charge is 0.326 e. The van der Waals surface area contributed by atoms with E-state index in [-0.39, 0.29) is 42.0 Å². The summed E-state index contributed by atoms with van der Waals surface area (Å²) < 4.78 is 80.4. The molecule has 34 heavy (non-hydrogen) atoms. The fraction of sp³-hybridized carbons (Fsp3) is 0.381.